The van der Waals surface area contributed by atoms with Crippen molar-refractivity contribution in [2.45, 2.75) is 51.6 Å². The summed E-state index contributed by atoms with van der Waals surface area (Å²) >= 11 is 0. The van der Waals surface area contributed by atoms with Crippen molar-refractivity contribution in [1.82, 2.24) is 15.1 Å². The van der Waals surface area contributed by atoms with E-state index in [0.29, 0.717) is 0 Å². The summed E-state index contributed by atoms with van der Waals surface area (Å²) in [4.78, 5) is 17.4. The molecule has 0 spiro atoms. The minimum absolute atomic E-state index is 0.0452. The van der Waals surface area contributed by atoms with E-state index in [4.69, 9.17) is 4.74 Å². The smallest absolute Gasteiger partial charge is 0.237 e. The number of rotatable bonds is 11. The number of amides is 1. The maximum atomic E-state index is 12.7. The largest absolute Gasteiger partial charge is 0.383 e. The summed E-state index contributed by atoms with van der Waals surface area (Å²) < 4.78 is 5.13. The molecule has 0 aromatic heterocycles. The van der Waals surface area contributed by atoms with Crippen LogP contribution in [0.5, 0.6) is 0 Å². The van der Waals surface area contributed by atoms with Gasteiger partial charge in [-0.15, -0.1) is 0 Å². The molecule has 2 atom stereocenters. The lowest BCUT2D eigenvalue weighted by molar-refractivity contribution is -0.127. The molecule has 1 fully saturated rings. The SMILES string of the molecule is COCCN(C)CCCC1CCN(C(C)C(=O)NC(C)c2ccccc2)CC1. The van der Waals surface area contributed by atoms with E-state index in [1.54, 1.807) is 7.11 Å². The van der Waals surface area contributed by atoms with Crippen LogP contribution in [0.15, 0.2) is 30.3 Å². The molecule has 158 valence electrons. The number of benzene rings is 1. The van der Waals surface area contributed by atoms with Gasteiger partial charge >= 0.3 is 0 Å². The number of hydrogen-bond donors (Lipinski definition) is 1. The molecule has 1 aliphatic rings. The van der Waals surface area contributed by atoms with Gasteiger partial charge in [0.2, 0.25) is 5.91 Å². The monoisotopic (exact) mass is 389 g/mol. The first-order chi connectivity index (χ1) is 13.5. The van der Waals surface area contributed by atoms with Gasteiger partial charge in [-0.2, -0.15) is 0 Å². The van der Waals surface area contributed by atoms with Gasteiger partial charge in [-0.3, -0.25) is 9.69 Å². The van der Waals surface area contributed by atoms with E-state index in [9.17, 15) is 4.79 Å². The second-order valence-corrected chi connectivity index (χ2v) is 8.23. The number of methoxy groups -OCH3 is 1. The molecule has 1 saturated heterocycles. The Morgan fingerprint density at radius 1 is 1.21 bits per heavy atom. The molecule has 2 rings (SSSR count). The van der Waals surface area contributed by atoms with Crippen molar-refractivity contribution in [3.05, 3.63) is 35.9 Å². The van der Waals surface area contributed by atoms with Crippen LogP contribution in [0.25, 0.3) is 0 Å². The lowest BCUT2D eigenvalue weighted by atomic mass is 9.91. The predicted octanol–water partition coefficient (Wildman–Crippen LogP) is 3.32. The molecule has 1 aromatic rings. The van der Waals surface area contributed by atoms with Crippen LogP contribution in [0, 0.1) is 5.92 Å². The molecule has 1 N–H and O–H groups in total. The number of carbonyl (C=O) groups is 1. The van der Waals surface area contributed by atoms with Crippen LogP contribution in [0.1, 0.15) is 51.1 Å². The summed E-state index contributed by atoms with van der Waals surface area (Å²) in [6.45, 7) is 9.09. The van der Waals surface area contributed by atoms with Crippen molar-refractivity contribution in [2.75, 3.05) is 46.9 Å². The van der Waals surface area contributed by atoms with Gasteiger partial charge in [-0.25, -0.2) is 0 Å². The third-order valence-electron chi connectivity index (χ3n) is 6.06. The number of nitrogens with zero attached hydrogens (tertiary/aromatic N) is 2. The number of nitrogens with one attached hydrogen (secondary N) is 1. The minimum atomic E-state index is -0.0627. The Kier molecular flexibility index (Phi) is 9.96. The Morgan fingerprint density at radius 2 is 1.89 bits per heavy atom. The van der Waals surface area contributed by atoms with Crippen LogP contribution in [-0.4, -0.2) is 68.7 Å². The number of likely N-dealkylation sites (tertiary alicyclic amines) is 1. The highest BCUT2D eigenvalue weighted by Gasteiger charge is 2.27. The van der Waals surface area contributed by atoms with E-state index < -0.39 is 0 Å². The van der Waals surface area contributed by atoms with E-state index in [2.05, 4.69) is 41.2 Å². The molecule has 0 radical (unpaired) electrons. The average molecular weight is 390 g/mol. The third-order valence-corrected chi connectivity index (χ3v) is 6.06. The van der Waals surface area contributed by atoms with Gasteiger partial charge in [-0.05, 0) is 77.7 Å². The van der Waals surface area contributed by atoms with Gasteiger partial charge in [0.15, 0.2) is 0 Å². The second-order valence-electron chi connectivity index (χ2n) is 8.23. The summed E-state index contributed by atoms with van der Waals surface area (Å²) in [5.74, 6) is 0.931. The summed E-state index contributed by atoms with van der Waals surface area (Å²) in [5.41, 5.74) is 1.15. The maximum Gasteiger partial charge on any atom is 0.237 e. The normalized spacial score (nSPS) is 18.2. The molecule has 0 saturated carbocycles. The molecular formula is C23H39N3O2. The summed E-state index contributed by atoms with van der Waals surface area (Å²) in [7, 11) is 3.92. The summed E-state index contributed by atoms with van der Waals surface area (Å²) in [6, 6.07) is 10.1. The molecule has 5 heteroatoms. The fourth-order valence-corrected chi connectivity index (χ4v) is 3.96. The number of carbonyl (C=O) groups excluding carboxylic acids is 1. The third kappa shape index (κ3) is 7.53. The van der Waals surface area contributed by atoms with Crippen LogP contribution in [0.4, 0.5) is 0 Å². The molecule has 1 aromatic carbocycles. The Labute approximate surface area is 171 Å². The van der Waals surface area contributed by atoms with Gasteiger partial charge < -0.3 is 15.0 Å². The molecule has 28 heavy (non-hydrogen) atoms. The van der Waals surface area contributed by atoms with Crippen LogP contribution in [-0.2, 0) is 9.53 Å². The Morgan fingerprint density at radius 3 is 2.54 bits per heavy atom. The Bertz CT molecular complexity index is 558. The second kappa shape index (κ2) is 12.2. The van der Waals surface area contributed by atoms with Crippen molar-refractivity contribution in [3.63, 3.8) is 0 Å². The van der Waals surface area contributed by atoms with Gasteiger partial charge in [0, 0.05) is 13.7 Å². The zero-order valence-electron chi connectivity index (χ0n) is 18.2. The van der Waals surface area contributed by atoms with Crippen molar-refractivity contribution in [3.8, 4) is 0 Å². The van der Waals surface area contributed by atoms with Crippen LogP contribution in [0.3, 0.4) is 0 Å². The Hall–Kier alpha value is -1.43. The van der Waals surface area contributed by atoms with E-state index in [-0.39, 0.29) is 18.0 Å². The number of piperidine rings is 1. The molecular weight excluding hydrogens is 350 g/mol. The lowest BCUT2D eigenvalue weighted by Crippen LogP contribution is -2.48. The van der Waals surface area contributed by atoms with Crippen molar-refractivity contribution in [2.24, 2.45) is 5.92 Å². The van der Waals surface area contributed by atoms with Crippen molar-refractivity contribution in [1.29, 1.82) is 0 Å². The zero-order chi connectivity index (χ0) is 20.4. The van der Waals surface area contributed by atoms with Gasteiger partial charge in [-0.1, -0.05) is 30.3 Å². The quantitative estimate of drug-likeness (QED) is 0.631. The molecule has 0 aliphatic carbocycles. The molecule has 5 nitrogen and oxygen atoms in total. The van der Waals surface area contributed by atoms with Gasteiger partial charge in [0.1, 0.15) is 0 Å². The van der Waals surface area contributed by atoms with Crippen LogP contribution in [0.2, 0.25) is 0 Å². The average Bonchev–Trinajstić information content (AvgIpc) is 2.72. The molecule has 2 unspecified atom stereocenters. The highest BCUT2D eigenvalue weighted by atomic mass is 16.5. The van der Waals surface area contributed by atoms with Crippen LogP contribution >= 0.6 is 0 Å². The zero-order valence-corrected chi connectivity index (χ0v) is 18.2. The summed E-state index contributed by atoms with van der Waals surface area (Å²) in [6.07, 6.45) is 4.94. The van der Waals surface area contributed by atoms with E-state index in [1.165, 1.54) is 25.7 Å². The van der Waals surface area contributed by atoms with Gasteiger partial charge in [0.05, 0.1) is 18.7 Å². The molecule has 1 aliphatic heterocycles. The van der Waals surface area contributed by atoms with Crippen LogP contribution < -0.4 is 5.32 Å². The van der Waals surface area contributed by atoms with Crippen molar-refractivity contribution < 1.29 is 9.53 Å². The first-order valence-corrected chi connectivity index (χ1v) is 10.8. The first-order valence-electron chi connectivity index (χ1n) is 10.8. The summed E-state index contributed by atoms with van der Waals surface area (Å²) in [5, 5.41) is 3.17. The topological polar surface area (TPSA) is 44.8 Å². The van der Waals surface area contributed by atoms with Crippen molar-refractivity contribution >= 4 is 5.91 Å². The van der Waals surface area contributed by atoms with Gasteiger partial charge in [0.25, 0.3) is 0 Å². The predicted molar refractivity (Wildman–Crippen MR) is 115 cm³/mol. The minimum Gasteiger partial charge on any atom is -0.383 e. The standard InChI is InChI=1S/C23H39N3O2/c1-19(22-10-6-5-7-11-22)24-23(27)20(2)26-15-12-21(13-16-26)9-8-14-25(3)17-18-28-4/h5-7,10-11,19-21H,8-9,12-18H2,1-4H3,(H,24,27). The first kappa shape index (κ1) is 22.9. The number of hydrogen-bond acceptors (Lipinski definition) is 4. The highest BCUT2D eigenvalue weighted by Crippen LogP contribution is 2.23. The van der Waals surface area contributed by atoms with E-state index >= 15 is 0 Å². The maximum absolute atomic E-state index is 12.7. The number of likely N-dealkylation sites (N-methyl/N-ethyl adjacent to an activating group) is 1. The van der Waals surface area contributed by atoms with E-state index in [1.807, 2.05) is 25.1 Å². The fraction of sp³-hybridized carbons (Fsp3) is 0.696. The molecule has 0 bridgehead atoms. The fourth-order valence-electron chi connectivity index (χ4n) is 3.96. The molecule has 1 heterocycles. The lowest BCUT2D eigenvalue weighted by Gasteiger charge is -2.36. The van der Waals surface area contributed by atoms with E-state index in [0.717, 1.165) is 44.3 Å². The molecule has 1 amide bonds. The Balaban J connectivity index is 1.67. The number of ether oxygens (including phenoxy) is 1. The highest BCUT2D eigenvalue weighted by molar-refractivity contribution is 5.81.